The Kier molecular flexibility index (Phi) is 7.71. The van der Waals surface area contributed by atoms with Crippen LogP contribution in [0.15, 0.2) is 76.9 Å². The monoisotopic (exact) mass is 496 g/mol. The lowest BCUT2D eigenvalue weighted by Crippen LogP contribution is -2.22. The van der Waals surface area contributed by atoms with E-state index in [1.807, 2.05) is 0 Å². The number of sulfonamides is 1. The van der Waals surface area contributed by atoms with Crippen LogP contribution in [-0.4, -0.2) is 31.7 Å². The summed E-state index contributed by atoms with van der Waals surface area (Å²) in [7, 11) is -3.53. The molecule has 0 radical (unpaired) electrons. The second kappa shape index (κ2) is 11.1. The molecule has 0 spiro atoms. The molecule has 0 atom stereocenters. The van der Waals surface area contributed by atoms with Crippen LogP contribution in [0.1, 0.15) is 36.8 Å². The summed E-state index contributed by atoms with van der Waals surface area (Å²) in [6.45, 7) is 0.677. The van der Waals surface area contributed by atoms with Crippen molar-refractivity contribution in [1.29, 1.82) is 0 Å². The Morgan fingerprint density at radius 1 is 1.09 bits per heavy atom. The number of amidine groups is 1. The average molecular weight is 497 g/mol. The summed E-state index contributed by atoms with van der Waals surface area (Å²) in [4.78, 5) is 20.7. The highest BCUT2D eigenvalue weighted by Gasteiger charge is 2.29. The molecule has 0 unspecified atom stereocenters. The highest BCUT2D eigenvalue weighted by atomic mass is 32.2. The van der Waals surface area contributed by atoms with E-state index in [9.17, 15) is 17.6 Å². The first-order valence-corrected chi connectivity index (χ1v) is 12.7. The van der Waals surface area contributed by atoms with Crippen molar-refractivity contribution in [2.24, 2.45) is 4.99 Å². The zero-order valence-corrected chi connectivity index (χ0v) is 19.7. The van der Waals surface area contributed by atoms with Gasteiger partial charge in [0.05, 0.1) is 11.1 Å². The molecule has 35 heavy (non-hydrogen) atoms. The Labute approximate surface area is 203 Å². The maximum atomic E-state index is 14.3. The second-order valence-corrected chi connectivity index (χ2v) is 9.63. The number of aromatic nitrogens is 1. The molecule has 0 saturated heterocycles. The summed E-state index contributed by atoms with van der Waals surface area (Å²) in [6.07, 6.45) is 5.61. The second-order valence-electron chi connectivity index (χ2n) is 7.97. The van der Waals surface area contributed by atoms with E-state index in [0.717, 1.165) is 12.8 Å². The number of nitrogens with one attached hydrogen (secondary N) is 2. The molecule has 2 heterocycles. The van der Waals surface area contributed by atoms with Crippen LogP contribution in [0.4, 0.5) is 4.39 Å². The van der Waals surface area contributed by atoms with E-state index in [0.29, 0.717) is 42.1 Å². The number of carbonyl (C=O) groups is 1. The van der Waals surface area contributed by atoms with E-state index in [2.05, 4.69) is 20.0 Å². The summed E-state index contributed by atoms with van der Waals surface area (Å²) in [5, 5.41) is 2.79. The van der Waals surface area contributed by atoms with E-state index in [4.69, 9.17) is 4.74 Å². The van der Waals surface area contributed by atoms with Crippen LogP contribution < -0.4 is 14.8 Å². The van der Waals surface area contributed by atoms with Gasteiger partial charge in [-0.1, -0.05) is 24.6 Å². The fourth-order valence-corrected chi connectivity index (χ4v) is 4.83. The number of unbranched alkanes of at least 4 members (excludes halogenated alkanes) is 2. The number of rotatable bonds is 10. The largest absolute Gasteiger partial charge is 0.453 e. The first kappa shape index (κ1) is 24.3. The maximum Gasteiger partial charge on any atom is 0.263 e. The summed E-state index contributed by atoms with van der Waals surface area (Å²) in [5.41, 5.74) is 1.21. The highest BCUT2D eigenvalue weighted by Crippen LogP contribution is 2.25. The summed E-state index contributed by atoms with van der Waals surface area (Å²) in [6, 6.07) is 14.7. The molecule has 2 N–H and O–H groups in total. The van der Waals surface area contributed by atoms with Gasteiger partial charge in [0.2, 0.25) is 5.91 Å². The first-order valence-electron chi connectivity index (χ1n) is 11.2. The quantitative estimate of drug-likeness (QED) is 0.414. The molecule has 3 aromatic rings. The Balaban J connectivity index is 1.16. The van der Waals surface area contributed by atoms with Gasteiger partial charge in [0, 0.05) is 31.3 Å². The van der Waals surface area contributed by atoms with Gasteiger partial charge in [-0.15, -0.1) is 0 Å². The number of carbonyl (C=O) groups excluding carboxylic acids is 1. The number of pyridine rings is 1. The smallest absolute Gasteiger partial charge is 0.263 e. The molecule has 0 bridgehead atoms. The van der Waals surface area contributed by atoms with Crippen molar-refractivity contribution in [3.8, 4) is 11.5 Å². The fourth-order valence-electron chi connectivity index (χ4n) is 3.58. The first-order chi connectivity index (χ1) is 16.9. The summed E-state index contributed by atoms with van der Waals surface area (Å²) in [5.74, 6) is 0.250. The van der Waals surface area contributed by atoms with Gasteiger partial charge in [0.15, 0.2) is 11.6 Å². The minimum atomic E-state index is -3.53. The summed E-state index contributed by atoms with van der Waals surface area (Å²) < 4.78 is 46.4. The number of benzene rings is 2. The third-order valence-electron chi connectivity index (χ3n) is 5.34. The van der Waals surface area contributed by atoms with Gasteiger partial charge in [0.25, 0.3) is 10.0 Å². The van der Waals surface area contributed by atoms with Gasteiger partial charge in [-0.2, -0.15) is 0 Å². The Morgan fingerprint density at radius 2 is 1.94 bits per heavy atom. The zero-order chi connectivity index (χ0) is 24.7. The minimum absolute atomic E-state index is 0.0885. The molecule has 1 amide bonds. The van der Waals surface area contributed by atoms with Crippen molar-refractivity contribution in [3.63, 3.8) is 0 Å². The van der Waals surface area contributed by atoms with Crippen LogP contribution in [0.3, 0.4) is 0 Å². The number of hydrogen-bond donors (Lipinski definition) is 2. The number of fused-ring (bicyclic) bond motifs is 1. The van der Waals surface area contributed by atoms with Gasteiger partial charge in [-0.25, -0.2) is 12.8 Å². The molecule has 1 aliphatic heterocycles. The third-order valence-corrected chi connectivity index (χ3v) is 6.74. The highest BCUT2D eigenvalue weighted by molar-refractivity contribution is 7.90. The van der Waals surface area contributed by atoms with Crippen molar-refractivity contribution in [1.82, 2.24) is 15.0 Å². The SMILES string of the molecule is O=C(CCCCCN=C1NS(=O)(=O)c2ccccc21)NCc1ccc(Oc2cccnc2)c(F)c1. The molecule has 0 saturated carbocycles. The Morgan fingerprint density at radius 3 is 2.74 bits per heavy atom. The van der Waals surface area contributed by atoms with Crippen molar-refractivity contribution in [3.05, 3.63) is 83.9 Å². The molecule has 2 aromatic carbocycles. The maximum absolute atomic E-state index is 14.3. The molecular weight excluding hydrogens is 471 g/mol. The minimum Gasteiger partial charge on any atom is -0.453 e. The predicted octanol–water partition coefficient (Wildman–Crippen LogP) is 3.93. The van der Waals surface area contributed by atoms with E-state index in [1.54, 1.807) is 48.7 Å². The molecule has 1 aliphatic rings. The molecular formula is C25H25FN4O4S. The van der Waals surface area contributed by atoms with Crippen molar-refractivity contribution in [2.45, 2.75) is 37.1 Å². The van der Waals surface area contributed by atoms with Crippen LogP contribution in [-0.2, 0) is 21.4 Å². The van der Waals surface area contributed by atoms with Gasteiger partial charge >= 0.3 is 0 Å². The molecule has 182 valence electrons. The van der Waals surface area contributed by atoms with E-state index in [-0.39, 0.29) is 23.1 Å². The van der Waals surface area contributed by atoms with Gasteiger partial charge in [0.1, 0.15) is 11.6 Å². The van der Waals surface area contributed by atoms with E-state index < -0.39 is 15.8 Å². The molecule has 4 rings (SSSR count). The third kappa shape index (κ3) is 6.42. The van der Waals surface area contributed by atoms with Crippen LogP contribution in [0, 0.1) is 5.82 Å². The van der Waals surface area contributed by atoms with Gasteiger partial charge in [-0.05, 0) is 54.8 Å². The normalized spacial score (nSPS) is 14.8. The number of halogens is 1. The number of amides is 1. The standard InChI is InChI=1S/C25H25FN4O4S/c26-21-15-18(11-12-22(21)34-19-7-6-13-27-17-19)16-29-24(31)10-2-1-5-14-28-25-20-8-3-4-9-23(20)35(32,33)30-25/h3-4,6-9,11-13,15,17H,1-2,5,10,14,16H2,(H,28,30)(H,29,31). The fraction of sp³-hybridized carbons (Fsp3) is 0.240. The molecule has 0 aliphatic carbocycles. The van der Waals surface area contributed by atoms with Crippen LogP contribution >= 0.6 is 0 Å². The van der Waals surface area contributed by atoms with Crippen LogP contribution in [0.5, 0.6) is 11.5 Å². The number of aliphatic imine (C=N–C) groups is 1. The average Bonchev–Trinajstić information content (AvgIpc) is 3.12. The van der Waals surface area contributed by atoms with Gasteiger partial charge < -0.3 is 10.1 Å². The molecule has 10 heteroatoms. The summed E-state index contributed by atoms with van der Waals surface area (Å²) >= 11 is 0. The van der Waals surface area contributed by atoms with Crippen LogP contribution in [0.25, 0.3) is 0 Å². The lowest BCUT2D eigenvalue weighted by molar-refractivity contribution is -0.121. The lowest BCUT2D eigenvalue weighted by atomic mass is 10.1. The van der Waals surface area contributed by atoms with Crippen molar-refractivity contribution in [2.75, 3.05) is 6.54 Å². The molecule has 8 nitrogen and oxygen atoms in total. The predicted molar refractivity (Wildman–Crippen MR) is 129 cm³/mol. The Hall–Kier alpha value is -3.79. The van der Waals surface area contributed by atoms with Crippen molar-refractivity contribution < 1.29 is 22.3 Å². The van der Waals surface area contributed by atoms with E-state index in [1.165, 1.54) is 18.3 Å². The Bertz CT molecular complexity index is 1330. The number of hydrogen-bond acceptors (Lipinski definition) is 6. The molecule has 0 fully saturated rings. The van der Waals surface area contributed by atoms with Crippen molar-refractivity contribution >= 4 is 21.8 Å². The van der Waals surface area contributed by atoms with Gasteiger partial charge in [-0.3, -0.25) is 19.5 Å². The zero-order valence-electron chi connectivity index (χ0n) is 18.9. The number of nitrogens with zero attached hydrogens (tertiary/aromatic N) is 2. The van der Waals surface area contributed by atoms with Crippen LogP contribution in [0.2, 0.25) is 0 Å². The molecule has 1 aromatic heterocycles. The lowest BCUT2D eigenvalue weighted by Gasteiger charge is -2.09. The van der Waals surface area contributed by atoms with E-state index >= 15 is 0 Å². The topological polar surface area (TPSA) is 110 Å². The number of ether oxygens (including phenoxy) is 1.